The second-order valence-electron chi connectivity index (χ2n) is 5.31. The van der Waals surface area contributed by atoms with Gasteiger partial charge in [0, 0.05) is 38.3 Å². The molecule has 0 radical (unpaired) electrons. The molecule has 2 amide bonds. The Kier molecular flexibility index (Phi) is 5.22. The number of carbonyl (C=O) groups is 2. The fraction of sp³-hybridized carbons (Fsp3) is 0.429. The molecule has 126 valence electrons. The summed E-state index contributed by atoms with van der Waals surface area (Å²) < 4.78 is 28.9. The van der Waals surface area contributed by atoms with Gasteiger partial charge in [-0.25, -0.2) is 4.79 Å². The number of hydrogen-bond donors (Lipinski definition) is 2. The Hall–Kier alpha value is -2.13. The molecule has 1 aromatic carbocycles. The molecule has 1 saturated heterocycles. The first-order valence-electron chi connectivity index (χ1n) is 7.12. The van der Waals surface area contributed by atoms with Crippen molar-refractivity contribution in [1.82, 2.24) is 10.2 Å². The van der Waals surface area contributed by atoms with E-state index < -0.39 is 16.2 Å². The summed E-state index contributed by atoms with van der Waals surface area (Å²) in [5, 5.41) is 5.67. The molecule has 1 fully saturated rings. The minimum absolute atomic E-state index is 0.0796. The first-order chi connectivity index (χ1) is 10.8. The largest absolute Gasteiger partial charge is 0.425 e. The van der Waals surface area contributed by atoms with Gasteiger partial charge in [0.2, 0.25) is 5.91 Å². The zero-order chi connectivity index (χ0) is 17.0. The van der Waals surface area contributed by atoms with Gasteiger partial charge in [-0.15, -0.1) is 0 Å². The van der Waals surface area contributed by atoms with Crippen molar-refractivity contribution >= 4 is 27.8 Å². The summed E-state index contributed by atoms with van der Waals surface area (Å²) in [6, 6.07) is 5.47. The molecule has 0 saturated carbocycles. The van der Waals surface area contributed by atoms with E-state index in [-0.39, 0.29) is 16.8 Å². The summed E-state index contributed by atoms with van der Waals surface area (Å²) in [7, 11) is -4.20. The van der Waals surface area contributed by atoms with E-state index in [0.717, 1.165) is 0 Å². The molecule has 2 N–H and O–H groups in total. The summed E-state index contributed by atoms with van der Waals surface area (Å²) in [6.45, 7) is 4.60. The molecule has 1 aliphatic rings. The number of nitrogens with zero attached hydrogens (tertiary/aromatic N) is 1. The van der Waals surface area contributed by atoms with Crippen LogP contribution in [0.25, 0.3) is 0 Å². The number of nitrogens with one attached hydrogen (secondary N) is 2. The van der Waals surface area contributed by atoms with E-state index in [1.807, 2.05) is 6.92 Å². The van der Waals surface area contributed by atoms with E-state index in [9.17, 15) is 18.0 Å². The molecule has 23 heavy (non-hydrogen) atoms. The molecule has 1 aliphatic heterocycles. The Balaban J connectivity index is 2.06. The van der Waals surface area contributed by atoms with E-state index in [1.54, 1.807) is 0 Å². The van der Waals surface area contributed by atoms with Crippen LogP contribution in [0.15, 0.2) is 29.2 Å². The fourth-order valence-electron chi connectivity index (χ4n) is 2.20. The minimum Gasteiger partial charge on any atom is -0.326 e. The Morgan fingerprint density at radius 3 is 2.52 bits per heavy atom. The highest BCUT2D eigenvalue weighted by Gasteiger charge is 2.27. The van der Waals surface area contributed by atoms with Crippen LogP contribution in [-0.2, 0) is 19.1 Å². The Morgan fingerprint density at radius 2 is 1.96 bits per heavy atom. The molecule has 8 nitrogen and oxygen atoms in total. The lowest BCUT2D eigenvalue weighted by Gasteiger charge is -2.30. The van der Waals surface area contributed by atoms with Crippen LogP contribution in [0.3, 0.4) is 0 Å². The molecule has 1 aromatic rings. The van der Waals surface area contributed by atoms with Gasteiger partial charge in [-0.05, 0) is 31.2 Å². The first-order valence-corrected chi connectivity index (χ1v) is 8.53. The fourth-order valence-corrected chi connectivity index (χ4v) is 3.06. The summed E-state index contributed by atoms with van der Waals surface area (Å²) in [5.74, 6) is -0.264. The average molecular weight is 341 g/mol. The highest BCUT2D eigenvalue weighted by atomic mass is 32.2. The zero-order valence-electron chi connectivity index (χ0n) is 12.9. The standard InChI is InChI=1S/C14H19N3O5S/c1-10-9-17(8-7-15-10)14(19)22-23(20,21)13-5-3-12(4-6-13)16-11(2)18/h3-6,10,15H,7-9H2,1-2H3,(H,16,18). The zero-order valence-corrected chi connectivity index (χ0v) is 13.7. The maximum Gasteiger partial charge on any atom is 0.425 e. The van der Waals surface area contributed by atoms with Crippen LogP contribution in [0.2, 0.25) is 0 Å². The molecule has 9 heteroatoms. The molecule has 1 atom stereocenters. The SMILES string of the molecule is CC(=O)Nc1ccc(S(=O)(=O)OC(=O)N2CCNC(C)C2)cc1. The third-order valence-corrected chi connectivity index (χ3v) is 4.48. The van der Waals surface area contributed by atoms with E-state index in [2.05, 4.69) is 14.8 Å². The predicted octanol–water partition coefficient (Wildman–Crippen LogP) is 0.764. The Bertz CT molecular complexity index is 687. The van der Waals surface area contributed by atoms with Crippen LogP contribution < -0.4 is 10.6 Å². The summed E-state index contributed by atoms with van der Waals surface area (Å²) in [6.07, 6.45) is -0.885. The van der Waals surface area contributed by atoms with Crippen LogP contribution in [0.4, 0.5) is 10.5 Å². The quantitative estimate of drug-likeness (QED) is 0.787. The van der Waals surface area contributed by atoms with Crippen LogP contribution in [0.1, 0.15) is 13.8 Å². The van der Waals surface area contributed by atoms with Gasteiger partial charge in [-0.2, -0.15) is 8.42 Å². The number of amides is 2. The third kappa shape index (κ3) is 4.67. The van der Waals surface area contributed by atoms with Gasteiger partial charge >= 0.3 is 16.2 Å². The van der Waals surface area contributed by atoms with Gasteiger partial charge in [-0.3, -0.25) is 4.79 Å². The molecule has 0 spiro atoms. The lowest BCUT2D eigenvalue weighted by atomic mass is 10.2. The number of rotatable bonds is 3. The summed E-state index contributed by atoms with van der Waals surface area (Å²) >= 11 is 0. The molecule has 1 heterocycles. The van der Waals surface area contributed by atoms with Crippen LogP contribution in [0.5, 0.6) is 0 Å². The topological polar surface area (TPSA) is 105 Å². The van der Waals surface area contributed by atoms with Crippen molar-refractivity contribution in [1.29, 1.82) is 0 Å². The van der Waals surface area contributed by atoms with Crippen LogP contribution in [-0.4, -0.2) is 51.0 Å². The maximum absolute atomic E-state index is 12.1. The Morgan fingerprint density at radius 1 is 1.30 bits per heavy atom. The van der Waals surface area contributed by atoms with Gasteiger partial charge in [0.1, 0.15) is 4.90 Å². The van der Waals surface area contributed by atoms with Gasteiger partial charge < -0.3 is 19.7 Å². The lowest BCUT2D eigenvalue weighted by Crippen LogP contribution is -2.51. The van der Waals surface area contributed by atoms with E-state index in [1.165, 1.54) is 36.1 Å². The van der Waals surface area contributed by atoms with Crippen molar-refractivity contribution in [3.8, 4) is 0 Å². The molecule has 0 aromatic heterocycles. The van der Waals surface area contributed by atoms with E-state index in [4.69, 9.17) is 0 Å². The van der Waals surface area contributed by atoms with Gasteiger partial charge in [0.25, 0.3) is 0 Å². The van der Waals surface area contributed by atoms with Crippen molar-refractivity contribution < 1.29 is 22.2 Å². The first kappa shape index (κ1) is 17.2. The highest BCUT2D eigenvalue weighted by Crippen LogP contribution is 2.17. The van der Waals surface area contributed by atoms with Crippen molar-refractivity contribution in [2.75, 3.05) is 25.0 Å². The summed E-state index contributed by atoms with van der Waals surface area (Å²) in [5.41, 5.74) is 0.457. The van der Waals surface area contributed by atoms with E-state index >= 15 is 0 Å². The van der Waals surface area contributed by atoms with Crippen LogP contribution in [0, 0.1) is 0 Å². The normalized spacial score (nSPS) is 18.3. The highest BCUT2D eigenvalue weighted by molar-refractivity contribution is 7.87. The van der Waals surface area contributed by atoms with Gasteiger partial charge in [-0.1, -0.05) is 0 Å². The average Bonchev–Trinajstić information content (AvgIpc) is 2.46. The summed E-state index contributed by atoms with van der Waals surface area (Å²) in [4.78, 5) is 24.1. The number of hydrogen-bond acceptors (Lipinski definition) is 6. The van der Waals surface area contributed by atoms with Gasteiger partial charge in [0.15, 0.2) is 0 Å². The number of carbonyl (C=O) groups excluding carboxylic acids is 2. The van der Waals surface area contributed by atoms with Crippen molar-refractivity contribution in [2.24, 2.45) is 0 Å². The van der Waals surface area contributed by atoms with Crippen LogP contribution >= 0.6 is 0 Å². The molecule has 0 aliphatic carbocycles. The van der Waals surface area contributed by atoms with Crippen molar-refractivity contribution in [3.05, 3.63) is 24.3 Å². The lowest BCUT2D eigenvalue weighted by molar-refractivity contribution is -0.114. The van der Waals surface area contributed by atoms with Gasteiger partial charge in [0.05, 0.1) is 0 Å². The Labute approximate surface area is 134 Å². The van der Waals surface area contributed by atoms with E-state index in [0.29, 0.717) is 25.3 Å². The monoisotopic (exact) mass is 341 g/mol. The molecule has 0 bridgehead atoms. The number of piperazine rings is 1. The minimum atomic E-state index is -4.20. The molecular weight excluding hydrogens is 322 g/mol. The molecule has 2 rings (SSSR count). The van der Waals surface area contributed by atoms with Crippen molar-refractivity contribution in [3.63, 3.8) is 0 Å². The number of anilines is 1. The third-order valence-electron chi connectivity index (χ3n) is 3.27. The molecule has 1 unspecified atom stereocenters. The maximum atomic E-state index is 12.1. The second-order valence-corrected chi connectivity index (χ2v) is 6.86. The number of benzene rings is 1. The predicted molar refractivity (Wildman–Crippen MR) is 83.5 cm³/mol. The second kappa shape index (κ2) is 6.97. The molecular formula is C14H19N3O5S. The van der Waals surface area contributed by atoms with Crippen molar-refractivity contribution in [2.45, 2.75) is 24.8 Å². The smallest absolute Gasteiger partial charge is 0.326 e.